The van der Waals surface area contributed by atoms with Crippen LogP contribution < -0.4 is 0 Å². The van der Waals surface area contributed by atoms with Gasteiger partial charge in [0.15, 0.2) is 0 Å². The first-order chi connectivity index (χ1) is 7.62. The van der Waals surface area contributed by atoms with E-state index in [1.807, 2.05) is 6.92 Å². The SMILES string of the molecule is C=CC(=O)OCCCC.C=COC(=O)CCl. The fourth-order valence-electron chi connectivity index (χ4n) is 0.500. The lowest BCUT2D eigenvalue weighted by Gasteiger charge is -1.97. The summed E-state index contributed by atoms with van der Waals surface area (Å²) < 4.78 is 8.86. The van der Waals surface area contributed by atoms with E-state index < -0.39 is 5.97 Å². The van der Waals surface area contributed by atoms with Crippen LogP contribution in [0.4, 0.5) is 0 Å². The lowest BCUT2D eigenvalue weighted by Crippen LogP contribution is -2.00. The van der Waals surface area contributed by atoms with Crippen LogP contribution in [0, 0.1) is 0 Å². The highest BCUT2D eigenvalue weighted by Crippen LogP contribution is 1.88. The maximum atomic E-state index is 10.3. The molecule has 92 valence electrons. The molecule has 0 heterocycles. The van der Waals surface area contributed by atoms with Crippen LogP contribution in [-0.4, -0.2) is 24.4 Å². The zero-order valence-electron chi connectivity index (χ0n) is 9.41. The zero-order valence-corrected chi connectivity index (χ0v) is 10.2. The van der Waals surface area contributed by atoms with Crippen molar-refractivity contribution < 1.29 is 19.1 Å². The van der Waals surface area contributed by atoms with E-state index in [1.54, 1.807) is 0 Å². The van der Waals surface area contributed by atoms with Crippen molar-refractivity contribution in [3.8, 4) is 0 Å². The van der Waals surface area contributed by atoms with Gasteiger partial charge in [-0.05, 0) is 6.42 Å². The number of ether oxygens (including phenoxy) is 2. The molecule has 0 aromatic heterocycles. The van der Waals surface area contributed by atoms with Crippen molar-refractivity contribution in [1.29, 1.82) is 0 Å². The first-order valence-corrected chi connectivity index (χ1v) is 5.31. The molecule has 0 aliphatic heterocycles. The van der Waals surface area contributed by atoms with Gasteiger partial charge in [-0.1, -0.05) is 26.5 Å². The van der Waals surface area contributed by atoms with Gasteiger partial charge in [-0.3, -0.25) is 4.79 Å². The predicted molar refractivity (Wildman–Crippen MR) is 63.1 cm³/mol. The summed E-state index contributed by atoms with van der Waals surface area (Å²) in [5.41, 5.74) is 0. The van der Waals surface area contributed by atoms with E-state index in [4.69, 9.17) is 11.6 Å². The quantitative estimate of drug-likeness (QED) is 0.238. The summed E-state index contributed by atoms with van der Waals surface area (Å²) >= 11 is 5.01. The molecule has 0 amide bonds. The van der Waals surface area contributed by atoms with E-state index in [9.17, 15) is 9.59 Å². The molecule has 0 saturated heterocycles. The number of alkyl halides is 1. The Morgan fingerprint density at radius 3 is 2.31 bits per heavy atom. The van der Waals surface area contributed by atoms with Crippen molar-refractivity contribution >= 4 is 23.5 Å². The number of halogens is 1. The molecule has 0 aliphatic carbocycles. The highest BCUT2D eigenvalue weighted by atomic mass is 35.5. The molecule has 0 spiro atoms. The molecule has 4 nitrogen and oxygen atoms in total. The van der Waals surface area contributed by atoms with Crippen LogP contribution >= 0.6 is 11.6 Å². The molecule has 0 fully saturated rings. The summed E-state index contributed by atoms with van der Waals surface area (Å²) in [6.07, 6.45) is 4.20. The molecule has 5 heteroatoms. The standard InChI is InChI=1S/C7H12O2.C4H5ClO2/c1-3-5-6-9-7(8)4-2;1-2-7-4(6)3-5/h4H,2-3,5-6H2,1H3;2H,1,3H2. The fraction of sp³-hybridized carbons (Fsp3) is 0.455. The molecular formula is C11H17ClO4. The molecule has 0 atom stereocenters. The zero-order chi connectivity index (χ0) is 12.8. The molecule has 0 rings (SSSR count). The van der Waals surface area contributed by atoms with Crippen molar-refractivity contribution in [3.05, 3.63) is 25.5 Å². The van der Waals surface area contributed by atoms with E-state index in [2.05, 4.69) is 22.6 Å². The van der Waals surface area contributed by atoms with Crippen LogP contribution in [0.5, 0.6) is 0 Å². The van der Waals surface area contributed by atoms with Gasteiger partial charge < -0.3 is 9.47 Å². The minimum absolute atomic E-state index is 0.119. The topological polar surface area (TPSA) is 52.6 Å². The highest BCUT2D eigenvalue weighted by Gasteiger charge is 1.92. The molecular weight excluding hydrogens is 232 g/mol. The average molecular weight is 249 g/mol. The van der Waals surface area contributed by atoms with Crippen LogP contribution in [-0.2, 0) is 19.1 Å². The van der Waals surface area contributed by atoms with Crippen LogP contribution in [0.15, 0.2) is 25.5 Å². The van der Waals surface area contributed by atoms with Gasteiger partial charge in [-0.2, -0.15) is 0 Å². The highest BCUT2D eigenvalue weighted by molar-refractivity contribution is 6.26. The maximum absolute atomic E-state index is 10.3. The lowest BCUT2D eigenvalue weighted by molar-refractivity contribution is -0.138. The lowest BCUT2D eigenvalue weighted by atomic mass is 10.4. The summed E-state index contributed by atoms with van der Waals surface area (Å²) in [5.74, 6) is -0.924. The summed E-state index contributed by atoms with van der Waals surface area (Å²) in [5, 5.41) is 0. The maximum Gasteiger partial charge on any atom is 0.330 e. The first kappa shape index (κ1) is 17.1. The Morgan fingerprint density at radius 1 is 1.38 bits per heavy atom. The van der Waals surface area contributed by atoms with Gasteiger partial charge in [0.05, 0.1) is 12.9 Å². The van der Waals surface area contributed by atoms with Crippen molar-refractivity contribution in [2.24, 2.45) is 0 Å². The minimum Gasteiger partial charge on any atom is -0.463 e. The summed E-state index contributed by atoms with van der Waals surface area (Å²) in [4.78, 5) is 20.3. The van der Waals surface area contributed by atoms with Gasteiger partial charge >= 0.3 is 11.9 Å². The van der Waals surface area contributed by atoms with Gasteiger partial charge in [-0.25, -0.2) is 4.79 Å². The summed E-state index contributed by atoms with van der Waals surface area (Å²) in [7, 11) is 0. The van der Waals surface area contributed by atoms with Crippen molar-refractivity contribution in [3.63, 3.8) is 0 Å². The van der Waals surface area contributed by atoms with E-state index in [0.29, 0.717) is 6.61 Å². The van der Waals surface area contributed by atoms with Gasteiger partial charge in [0.2, 0.25) is 0 Å². The Morgan fingerprint density at radius 2 is 2.00 bits per heavy atom. The number of carbonyl (C=O) groups is 2. The number of rotatable bonds is 6. The molecule has 0 aromatic carbocycles. The number of unbranched alkanes of at least 4 members (excludes halogenated alkanes) is 1. The summed E-state index contributed by atoms with van der Waals surface area (Å²) in [6.45, 7) is 8.97. The number of hydrogen-bond donors (Lipinski definition) is 0. The predicted octanol–water partition coefficient (Wildman–Crippen LogP) is 2.43. The second-order valence-corrected chi connectivity index (χ2v) is 2.78. The second kappa shape index (κ2) is 13.7. The molecule has 0 radical (unpaired) electrons. The molecule has 0 aromatic rings. The smallest absolute Gasteiger partial charge is 0.330 e. The van der Waals surface area contributed by atoms with Gasteiger partial charge in [0, 0.05) is 6.08 Å². The first-order valence-electron chi connectivity index (χ1n) is 4.77. The largest absolute Gasteiger partial charge is 0.463 e. The van der Waals surface area contributed by atoms with Crippen LogP contribution in [0.3, 0.4) is 0 Å². The molecule has 16 heavy (non-hydrogen) atoms. The fourth-order valence-corrected chi connectivity index (χ4v) is 0.563. The third-order valence-electron chi connectivity index (χ3n) is 1.23. The normalized spacial score (nSPS) is 8.12. The van der Waals surface area contributed by atoms with E-state index in [0.717, 1.165) is 19.1 Å². The van der Waals surface area contributed by atoms with Gasteiger partial charge in [0.1, 0.15) is 5.88 Å². The van der Waals surface area contributed by atoms with E-state index in [-0.39, 0.29) is 11.8 Å². The van der Waals surface area contributed by atoms with Crippen molar-refractivity contribution in [2.75, 3.05) is 12.5 Å². The molecule has 0 unspecified atom stereocenters. The molecule has 0 aliphatic rings. The number of hydrogen-bond acceptors (Lipinski definition) is 4. The van der Waals surface area contributed by atoms with Gasteiger partial charge in [0.25, 0.3) is 0 Å². The Labute approximate surface area is 101 Å². The Hall–Kier alpha value is -1.29. The third kappa shape index (κ3) is 15.2. The van der Waals surface area contributed by atoms with Crippen LogP contribution in [0.2, 0.25) is 0 Å². The Bertz CT molecular complexity index is 226. The number of esters is 2. The monoisotopic (exact) mass is 248 g/mol. The second-order valence-electron chi connectivity index (χ2n) is 2.52. The van der Waals surface area contributed by atoms with Crippen molar-refractivity contribution in [1.82, 2.24) is 0 Å². The van der Waals surface area contributed by atoms with E-state index in [1.165, 1.54) is 6.08 Å². The molecule has 0 N–H and O–H groups in total. The van der Waals surface area contributed by atoms with Crippen LogP contribution in [0.1, 0.15) is 19.8 Å². The molecule has 0 saturated carbocycles. The average Bonchev–Trinajstić information content (AvgIpc) is 2.30. The van der Waals surface area contributed by atoms with Crippen LogP contribution in [0.25, 0.3) is 0 Å². The van der Waals surface area contributed by atoms with Gasteiger partial charge in [-0.15, -0.1) is 11.6 Å². The summed E-state index contributed by atoms with van der Waals surface area (Å²) in [6, 6.07) is 0. The Balaban J connectivity index is 0. The third-order valence-corrected chi connectivity index (χ3v) is 1.45. The number of carbonyl (C=O) groups excluding carboxylic acids is 2. The minimum atomic E-state index is -0.475. The van der Waals surface area contributed by atoms with E-state index >= 15 is 0 Å². The Kier molecular flexibility index (Phi) is 14.7. The van der Waals surface area contributed by atoms with Crippen molar-refractivity contribution in [2.45, 2.75) is 19.8 Å². The molecule has 0 bridgehead atoms.